The van der Waals surface area contributed by atoms with Crippen LogP contribution in [0.4, 0.5) is 0 Å². The lowest BCUT2D eigenvalue weighted by molar-refractivity contribution is 0.398. The zero-order valence-corrected chi connectivity index (χ0v) is 4.51. The van der Waals surface area contributed by atoms with E-state index in [0.717, 1.165) is 0 Å². The molecule has 2 heteroatoms. The maximum absolute atomic E-state index is 7.09. The van der Waals surface area contributed by atoms with E-state index in [0.29, 0.717) is 5.88 Å². The van der Waals surface area contributed by atoms with E-state index in [2.05, 4.69) is 4.98 Å². The van der Waals surface area contributed by atoms with Gasteiger partial charge in [0.25, 0.3) is 0 Å². The zero-order valence-electron chi connectivity index (χ0n) is 6.51. The van der Waals surface area contributed by atoms with Gasteiger partial charge >= 0.3 is 0 Å². The Hall–Kier alpha value is -1.05. The zero-order chi connectivity index (χ0) is 7.56. The van der Waals surface area contributed by atoms with Gasteiger partial charge < -0.3 is 4.74 Å². The second-order valence-electron chi connectivity index (χ2n) is 1.24. The van der Waals surface area contributed by atoms with Crippen LogP contribution in [-0.2, 0) is 0 Å². The van der Waals surface area contributed by atoms with E-state index in [4.69, 9.17) is 7.48 Å². The van der Waals surface area contributed by atoms with Crippen LogP contribution in [0.3, 0.4) is 0 Å². The molecule has 1 heterocycles. The van der Waals surface area contributed by atoms with Crippen LogP contribution in [0.2, 0.25) is 0 Å². The quantitative estimate of drug-likeness (QED) is 0.541. The van der Waals surface area contributed by atoms with E-state index < -0.39 is 0 Å². The maximum Gasteiger partial charge on any atom is 0.212 e. The molecule has 0 aromatic carbocycles. The fourth-order valence-corrected chi connectivity index (χ4v) is 0.389. The number of aromatic nitrogens is 1. The van der Waals surface area contributed by atoms with Crippen LogP contribution in [0.25, 0.3) is 0 Å². The standard InChI is InChI=1S/C6H7NO/c1-8-6-4-2-3-5-7-6/h2-5H,1H3/i3D,5D. The van der Waals surface area contributed by atoms with Gasteiger partial charge in [-0.25, -0.2) is 4.98 Å². The van der Waals surface area contributed by atoms with Crippen molar-refractivity contribution >= 4 is 0 Å². The van der Waals surface area contributed by atoms with Crippen molar-refractivity contribution in [2.75, 3.05) is 7.11 Å². The Bertz CT molecular complexity index is 239. The molecule has 0 aliphatic heterocycles. The Balaban J connectivity index is 3.04. The Morgan fingerprint density at radius 1 is 1.88 bits per heavy atom. The second-order valence-corrected chi connectivity index (χ2v) is 1.24. The topological polar surface area (TPSA) is 22.1 Å². The summed E-state index contributed by atoms with van der Waals surface area (Å²) in [6.45, 7) is 0. The van der Waals surface area contributed by atoms with Crippen LogP contribution in [0.5, 0.6) is 5.88 Å². The predicted molar refractivity (Wildman–Crippen MR) is 30.8 cm³/mol. The molecular weight excluding hydrogens is 102 g/mol. The number of hydrogen-bond acceptors (Lipinski definition) is 2. The van der Waals surface area contributed by atoms with E-state index in [1.807, 2.05) is 0 Å². The third kappa shape index (κ3) is 0.964. The summed E-state index contributed by atoms with van der Waals surface area (Å²) in [5.41, 5.74) is 0. The van der Waals surface area contributed by atoms with Crippen LogP contribution in [0, 0.1) is 0 Å². The minimum atomic E-state index is -0.0562. The predicted octanol–water partition coefficient (Wildman–Crippen LogP) is 1.09. The second kappa shape index (κ2) is 2.31. The smallest absolute Gasteiger partial charge is 0.212 e. The molecule has 0 N–H and O–H groups in total. The molecule has 0 aliphatic rings. The van der Waals surface area contributed by atoms with Gasteiger partial charge in [0.1, 0.15) is 0 Å². The molecule has 0 saturated heterocycles. The van der Waals surface area contributed by atoms with Crippen molar-refractivity contribution in [2.24, 2.45) is 0 Å². The van der Waals surface area contributed by atoms with Crippen molar-refractivity contribution in [3.05, 3.63) is 24.3 Å². The Morgan fingerprint density at radius 2 is 2.75 bits per heavy atom. The van der Waals surface area contributed by atoms with Crippen molar-refractivity contribution in [1.82, 2.24) is 4.98 Å². The molecule has 0 bridgehead atoms. The molecule has 42 valence electrons. The van der Waals surface area contributed by atoms with Crippen LogP contribution in [0.1, 0.15) is 2.74 Å². The molecule has 1 aromatic rings. The van der Waals surface area contributed by atoms with Crippen molar-refractivity contribution in [2.45, 2.75) is 0 Å². The van der Waals surface area contributed by atoms with Gasteiger partial charge in [-0.15, -0.1) is 0 Å². The molecule has 0 amide bonds. The summed E-state index contributed by atoms with van der Waals surface area (Å²) in [6.07, 6.45) is -0.0562. The molecule has 2 nitrogen and oxygen atoms in total. The highest BCUT2D eigenvalue weighted by Gasteiger charge is 1.82. The molecule has 0 atom stereocenters. The summed E-state index contributed by atoms with van der Waals surface area (Å²) in [6, 6.07) is 3.15. The highest BCUT2D eigenvalue weighted by Crippen LogP contribution is 1.99. The number of methoxy groups -OCH3 is 1. The first-order valence-corrected chi connectivity index (χ1v) is 2.22. The maximum atomic E-state index is 7.09. The fraction of sp³-hybridized carbons (Fsp3) is 0.167. The lowest BCUT2D eigenvalue weighted by atomic mass is 10.5. The van der Waals surface area contributed by atoms with E-state index in [9.17, 15) is 0 Å². The van der Waals surface area contributed by atoms with Gasteiger partial charge in [0.15, 0.2) is 0 Å². The summed E-state index contributed by atoms with van der Waals surface area (Å²) in [4.78, 5) is 3.65. The number of ether oxygens (including phenoxy) is 1. The largest absolute Gasteiger partial charge is 0.481 e. The number of hydrogen-bond donors (Lipinski definition) is 0. The summed E-state index contributed by atoms with van der Waals surface area (Å²) in [5, 5.41) is 0. The van der Waals surface area contributed by atoms with Crippen LogP contribution in [0.15, 0.2) is 24.3 Å². The molecule has 0 saturated carbocycles. The summed E-state index contributed by atoms with van der Waals surface area (Å²) in [7, 11) is 1.48. The minimum absolute atomic E-state index is 0.0562. The lowest BCUT2D eigenvalue weighted by Crippen LogP contribution is -1.83. The average Bonchev–Trinajstić information content (AvgIpc) is 1.95. The third-order valence-corrected chi connectivity index (χ3v) is 0.749. The Morgan fingerprint density at radius 3 is 3.38 bits per heavy atom. The van der Waals surface area contributed by atoms with Crippen molar-refractivity contribution in [3.8, 4) is 5.88 Å². The molecule has 1 aromatic heterocycles. The van der Waals surface area contributed by atoms with Gasteiger partial charge in [0.2, 0.25) is 5.88 Å². The number of rotatable bonds is 1. The Kier molecular flexibility index (Phi) is 0.886. The van der Waals surface area contributed by atoms with Crippen LogP contribution < -0.4 is 4.74 Å². The molecule has 1 rings (SSSR count). The van der Waals surface area contributed by atoms with Crippen molar-refractivity contribution in [3.63, 3.8) is 0 Å². The van der Waals surface area contributed by atoms with E-state index in [-0.39, 0.29) is 12.2 Å². The molecule has 8 heavy (non-hydrogen) atoms. The molecule has 0 fully saturated rings. The van der Waals surface area contributed by atoms with Crippen LogP contribution >= 0.6 is 0 Å². The summed E-state index contributed by atoms with van der Waals surface area (Å²) < 4.78 is 18.9. The highest BCUT2D eigenvalue weighted by atomic mass is 16.5. The minimum Gasteiger partial charge on any atom is -0.481 e. The first-order chi connectivity index (χ1) is 4.74. The van der Waals surface area contributed by atoms with Gasteiger partial charge in [-0.1, -0.05) is 6.07 Å². The van der Waals surface area contributed by atoms with E-state index in [1.54, 1.807) is 6.07 Å². The molecule has 0 spiro atoms. The van der Waals surface area contributed by atoms with Gasteiger partial charge in [0.05, 0.1) is 9.85 Å². The van der Waals surface area contributed by atoms with Crippen molar-refractivity contribution < 1.29 is 7.48 Å². The Labute approximate surface area is 50.9 Å². The SMILES string of the molecule is [2H]c1ccc(OC)nc1[2H]. The number of pyridine rings is 1. The first kappa shape index (κ1) is 3.07. The van der Waals surface area contributed by atoms with E-state index in [1.165, 1.54) is 13.2 Å². The molecule has 0 radical (unpaired) electrons. The van der Waals surface area contributed by atoms with Gasteiger partial charge in [-0.2, -0.15) is 0 Å². The van der Waals surface area contributed by atoms with Gasteiger partial charge in [-0.05, 0) is 6.04 Å². The summed E-state index contributed by atoms with van der Waals surface area (Å²) in [5.74, 6) is 0.376. The summed E-state index contributed by atoms with van der Waals surface area (Å²) >= 11 is 0. The lowest BCUT2D eigenvalue weighted by Gasteiger charge is -1.92. The van der Waals surface area contributed by atoms with Crippen molar-refractivity contribution in [1.29, 1.82) is 0 Å². The number of nitrogens with zero attached hydrogens (tertiary/aromatic N) is 1. The molecular formula is C6H7NO. The monoisotopic (exact) mass is 111 g/mol. The molecule has 0 aliphatic carbocycles. The van der Waals surface area contributed by atoms with Gasteiger partial charge in [0, 0.05) is 12.2 Å². The highest BCUT2D eigenvalue weighted by molar-refractivity contribution is 5.08. The normalized spacial score (nSPS) is 12.1. The third-order valence-electron chi connectivity index (χ3n) is 0.749. The van der Waals surface area contributed by atoms with E-state index >= 15 is 0 Å². The average molecular weight is 111 g/mol. The first-order valence-electron chi connectivity index (χ1n) is 3.22. The van der Waals surface area contributed by atoms with Crippen LogP contribution in [-0.4, -0.2) is 12.1 Å². The molecule has 0 unspecified atom stereocenters. The van der Waals surface area contributed by atoms with Gasteiger partial charge in [-0.3, -0.25) is 0 Å². The fourth-order valence-electron chi connectivity index (χ4n) is 0.389.